The second-order valence-electron chi connectivity index (χ2n) is 6.12. The van der Waals surface area contributed by atoms with Gasteiger partial charge in [-0.3, -0.25) is 4.79 Å². The molecule has 2 unspecified atom stereocenters. The van der Waals surface area contributed by atoms with Crippen molar-refractivity contribution in [3.8, 4) is 11.5 Å². The van der Waals surface area contributed by atoms with Gasteiger partial charge in [0.1, 0.15) is 0 Å². The number of ether oxygens (including phenoxy) is 2. The van der Waals surface area contributed by atoms with Gasteiger partial charge in [0, 0.05) is 12.1 Å². The minimum absolute atomic E-state index is 0.0451. The molecule has 1 aromatic rings. The van der Waals surface area contributed by atoms with Crippen molar-refractivity contribution in [3.05, 3.63) is 28.8 Å². The molecule has 0 aliphatic heterocycles. The number of benzene rings is 1. The Labute approximate surface area is 155 Å². The van der Waals surface area contributed by atoms with E-state index in [1.807, 2.05) is 0 Å². The number of nitrogens with one attached hydrogen (secondary N) is 1. The molecule has 1 aliphatic carbocycles. The molecular formula is C18H21ClF3NO3. The predicted molar refractivity (Wildman–Crippen MR) is 93.5 cm³/mol. The molecule has 0 spiro atoms. The lowest BCUT2D eigenvalue weighted by Gasteiger charge is -2.33. The van der Waals surface area contributed by atoms with Crippen molar-refractivity contribution in [3.63, 3.8) is 0 Å². The minimum Gasteiger partial charge on any atom is -0.493 e. The van der Waals surface area contributed by atoms with Gasteiger partial charge in [0.25, 0.3) is 0 Å². The first kappa shape index (κ1) is 20.4. The van der Waals surface area contributed by atoms with Crippen LogP contribution in [0.25, 0.3) is 6.08 Å². The lowest BCUT2D eigenvalue weighted by molar-refractivity contribution is -0.188. The second kappa shape index (κ2) is 8.66. The van der Waals surface area contributed by atoms with Crippen molar-refractivity contribution >= 4 is 23.6 Å². The SMILES string of the molecule is COc1cc(/C=C/C(=O)NC2CCCCC2C(F)(F)F)cc(Cl)c1OC. The Balaban J connectivity index is 2.08. The molecule has 0 heterocycles. The van der Waals surface area contributed by atoms with Crippen molar-refractivity contribution < 1.29 is 27.4 Å². The zero-order valence-electron chi connectivity index (χ0n) is 14.5. The summed E-state index contributed by atoms with van der Waals surface area (Å²) in [6, 6.07) is 2.30. The zero-order valence-corrected chi connectivity index (χ0v) is 15.3. The van der Waals surface area contributed by atoms with Gasteiger partial charge in [0.05, 0.1) is 25.2 Å². The smallest absolute Gasteiger partial charge is 0.393 e. The monoisotopic (exact) mass is 391 g/mol. The third kappa shape index (κ3) is 5.06. The molecule has 0 radical (unpaired) electrons. The van der Waals surface area contributed by atoms with Crippen LogP contribution in [0.4, 0.5) is 13.2 Å². The fourth-order valence-corrected chi connectivity index (χ4v) is 3.43. The maximum absolute atomic E-state index is 13.1. The summed E-state index contributed by atoms with van der Waals surface area (Å²) in [7, 11) is 2.91. The van der Waals surface area contributed by atoms with E-state index in [-0.39, 0.29) is 6.42 Å². The summed E-state index contributed by atoms with van der Waals surface area (Å²) in [5, 5.41) is 2.78. The number of carbonyl (C=O) groups excluding carboxylic acids is 1. The molecule has 4 nitrogen and oxygen atoms in total. The maximum atomic E-state index is 13.1. The van der Waals surface area contributed by atoms with Gasteiger partial charge in [0.15, 0.2) is 11.5 Å². The van der Waals surface area contributed by atoms with Crippen LogP contribution in [0, 0.1) is 5.92 Å². The van der Waals surface area contributed by atoms with Crippen molar-refractivity contribution in [1.82, 2.24) is 5.32 Å². The fourth-order valence-electron chi connectivity index (χ4n) is 3.13. The van der Waals surface area contributed by atoms with Gasteiger partial charge in [-0.15, -0.1) is 0 Å². The molecule has 2 rings (SSSR count). The molecule has 0 bridgehead atoms. The second-order valence-corrected chi connectivity index (χ2v) is 6.53. The summed E-state index contributed by atoms with van der Waals surface area (Å²) in [5.74, 6) is -1.31. The van der Waals surface area contributed by atoms with Crippen LogP contribution in [0.2, 0.25) is 5.02 Å². The zero-order chi connectivity index (χ0) is 19.3. The Kier molecular flexibility index (Phi) is 6.81. The van der Waals surface area contributed by atoms with Crippen LogP contribution in [0.5, 0.6) is 11.5 Å². The van der Waals surface area contributed by atoms with Crippen LogP contribution in [0.15, 0.2) is 18.2 Å². The van der Waals surface area contributed by atoms with E-state index >= 15 is 0 Å². The summed E-state index contributed by atoms with van der Waals surface area (Å²) >= 11 is 6.09. The summed E-state index contributed by atoms with van der Waals surface area (Å²) in [6.45, 7) is 0. The molecule has 2 atom stereocenters. The first-order valence-corrected chi connectivity index (χ1v) is 8.61. The molecule has 1 amide bonds. The number of rotatable bonds is 5. The van der Waals surface area contributed by atoms with Crippen LogP contribution in [-0.2, 0) is 4.79 Å². The summed E-state index contributed by atoms with van der Waals surface area (Å²) in [6.07, 6.45) is -0.0778. The summed E-state index contributed by atoms with van der Waals surface area (Å²) in [5.41, 5.74) is 0.568. The Hall–Kier alpha value is -1.89. The van der Waals surface area contributed by atoms with Crippen LogP contribution in [0.3, 0.4) is 0 Å². The number of alkyl halides is 3. The topological polar surface area (TPSA) is 47.6 Å². The number of methoxy groups -OCH3 is 2. The molecule has 1 N–H and O–H groups in total. The lowest BCUT2D eigenvalue weighted by atomic mass is 9.84. The van der Waals surface area contributed by atoms with Gasteiger partial charge in [0.2, 0.25) is 5.91 Å². The molecule has 8 heteroatoms. The van der Waals surface area contributed by atoms with Gasteiger partial charge < -0.3 is 14.8 Å². The van der Waals surface area contributed by atoms with E-state index in [2.05, 4.69) is 5.32 Å². The number of halogens is 4. The Morgan fingerprint density at radius 2 is 1.92 bits per heavy atom. The number of hydrogen-bond acceptors (Lipinski definition) is 3. The highest BCUT2D eigenvalue weighted by Gasteiger charge is 2.45. The largest absolute Gasteiger partial charge is 0.493 e. The first-order chi connectivity index (χ1) is 12.3. The van der Waals surface area contributed by atoms with E-state index in [1.165, 1.54) is 26.4 Å². The molecule has 0 saturated heterocycles. The highest BCUT2D eigenvalue weighted by Crippen LogP contribution is 2.38. The van der Waals surface area contributed by atoms with Crippen molar-refractivity contribution in [2.75, 3.05) is 14.2 Å². The molecule has 1 saturated carbocycles. The molecule has 1 aliphatic rings. The molecule has 144 valence electrons. The number of amides is 1. The van der Waals surface area contributed by atoms with E-state index < -0.39 is 24.0 Å². The van der Waals surface area contributed by atoms with E-state index in [4.69, 9.17) is 21.1 Å². The van der Waals surface area contributed by atoms with E-state index in [9.17, 15) is 18.0 Å². The fraction of sp³-hybridized carbons (Fsp3) is 0.500. The van der Waals surface area contributed by atoms with Crippen molar-refractivity contribution in [2.45, 2.75) is 37.9 Å². The van der Waals surface area contributed by atoms with Gasteiger partial charge in [-0.25, -0.2) is 0 Å². The minimum atomic E-state index is -4.31. The summed E-state index contributed by atoms with van der Waals surface area (Å²) < 4.78 is 49.5. The molecule has 0 aromatic heterocycles. The third-order valence-electron chi connectivity index (χ3n) is 4.40. The van der Waals surface area contributed by atoms with Crippen LogP contribution in [0.1, 0.15) is 31.2 Å². The lowest BCUT2D eigenvalue weighted by Crippen LogP contribution is -2.47. The quantitative estimate of drug-likeness (QED) is 0.746. The molecule has 1 fully saturated rings. The highest BCUT2D eigenvalue weighted by molar-refractivity contribution is 6.32. The van der Waals surface area contributed by atoms with Gasteiger partial charge >= 0.3 is 6.18 Å². The third-order valence-corrected chi connectivity index (χ3v) is 4.68. The highest BCUT2D eigenvalue weighted by atomic mass is 35.5. The van der Waals surface area contributed by atoms with Crippen molar-refractivity contribution in [1.29, 1.82) is 0 Å². The molecule has 26 heavy (non-hydrogen) atoms. The Morgan fingerprint density at radius 1 is 1.23 bits per heavy atom. The van der Waals surface area contributed by atoms with Crippen molar-refractivity contribution in [2.24, 2.45) is 5.92 Å². The predicted octanol–water partition coefficient (Wildman–Crippen LogP) is 4.61. The van der Waals surface area contributed by atoms with E-state index in [0.717, 1.165) is 0 Å². The Bertz CT molecular complexity index is 676. The van der Waals surface area contributed by atoms with Crippen LogP contribution >= 0.6 is 11.6 Å². The average molecular weight is 392 g/mol. The van der Waals surface area contributed by atoms with Crippen LogP contribution < -0.4 is 14.8 Å². The van der Waals surface area contributed by atoms with E-state index in [1.54, 1.807) is 12.1 Å². The first-order valence-electron chi connectivity index (χ1n) is 8.23. The van der Waals surface area contributed by atoms with Gasteiger partial charge in [-0.1, -0.05) is 24.4 Å². The average Bonchev–Trinajstić information content (AvgIpc) is 2.59. The number of hydrogen-bond donors (Lipinski definition) is 1. The molecule has 1 aromatic carbocycles. The van der Waals surface area contributed by atoms with Crippen LogP contribution in [-0.4, -0.2) is 32.3 Å². The van der Waals surface area contributed by atoms with Gasteiger partial charge in [-0.05, 0) is 36.6 Å². The van der Waals surface area contributed by atoms with Gasteiger partial charge in [-0.2, -0.15) is 13.2 Å². The number of carbonyl (C=O) groups is 1. The Morgan fingerprint density at radius 3 is 2.54 bits per heavy atom. The van der Waals surface area contributed by atoms with E-state index in [0.29, 0.717) is 41.3 Å². The molecular weight excluding hydrogens is 371 g/mol. The standard InChI is InChI=1S/C18H21ClF3NO3/c1-25-15-10-11(9-13(19)17(15)26-2)7-8-16(24)23-14-6-4-3-5-12(14)18(20,21)22/h7-10,12,14H,3-6H2,1-2H3,(H,23,24)/b8-7+. The normalized spacial score (nSPS) is 20.8. The maximum Gasteiger partial charge on any atom is 0.393 e. The summed E-state index contributed by atoms with van der Waals surface area (Å²) in [4.78, 5) is 12.1.